The Morgan fingerprint density at radius 1 is 1.21 bits per heavy atom. The van der Waals surface area contributed by atoms with E-state index in [1.807, 2.05) is 0 Å². The molecule has 0 aromatic heterocycles. The van der Waals surface area contributed by atoms with Crippen molar-refractivity contribution in [2.75, 3.05) is 5.32 Å². The van der Waals surface area contributed by atoms with Crippen LogP contribution in [0.15, 0.2) is 12.1 Å². The van der Waals surface area contributed by atoms with E-state index < -0.39 is 22.2 Å². The van der Waals surface area contributed by atoms with Gasteiger partial charge in [0.25, 0.3) is 0 Å². The topological polar surface area (TPSA) is 55.2 Å². The second-order valence-corrected chi connectivity index (χ2v) is 5.47. The molecular weight excluding hydrogens is 254 g/mol. The molecule has 19 heavy (non-hydrogen) atoms. The third-order valence-corrected chi connectivity index (χ3v) is 4.31. The van der Waals surface area contributed by atoms with E-state index in [0.29, 0.717) is 17.9 Å². The van der Waals surface area contributed by atoms with E-state index in [1.54, 1.807) is 0 Å². The number of fused-ring (bicyclic) bond motifs is 2. The summed E-state index contributed by atoms with van der Waals surface area (Å²) in [6, 6.07) is 1.68. The first-order valence-electron chi connectivity index (χ1n) is 6.44. The average molecular weight is 268 g/mol. The second kappa shape index (κ2) is 4.43. The van der Waals surface area contributed by atoms with Gasteiger partial charge < -0.3 is 5.32 Å². The Morgan fingerprint density at radius 2 is 2.00 bits per heavy atom. The molecule has 0 saturated heterocycles. The molecule has 0 aliphatic heterocycles. The van der Waals surface area contributed by atoms with Crippen LogP contribution in [0.3, 0.4) is 0 Å². The van der Waals surface area contributed by atoms with Crippen LogP contribution in [0.25, 0.3) is 0 Å². The highest BCUT2D eigenvalue weighted by atomic mass is 19.1. The van der Waals surface area contributed by atoms with Crippen molar-refractivity contribution in [2.24, 2.45) is 11.8 Å². The van der Waals surface area contributed by atoms with Crippen molar-refractivity contribution >= 4 is 11.4 Å². The van der Waals surface area contributed by atoms with Gasteiger partial charge in [-0.15, -0.1) is 0 Å². The zero-order valence-corrected chi connectivity index (χ0v) is 10.2. The first-order valence-corrected chi connectivity index (χ1v) is 6.44. The molecular formula is C13H14F2N2O2. The average Bonchev–Trinajstić information content (AvgIpc) is 2.94. The molecule has 1 aromatic carbocycles. The van der Waals surface area contributed by atoms with Gasteiger partial charge in [0, 0.05) is 18.2 Å². The maximum atomic E-state index is 13.7. The van der Waals surface area contributed by atoms with Crippen molar-refractivity contribution in [3.63, 3.8) is 0 Å². The summed E-state index contributed by atoms with van der Waals surface area (Å²) in [5, 5.41) is 13.7. The van der Waals surface area contributed by atoms with Gasteiger partial charge in [0.1, 0.15) is 5.82 Å². The molecule has 6 heteroatoms. The summed E-state index contributed by atoms with van der Waals surface area (Å²) in [5.41, 5.74) is -0.655. The van der Waals surface area contributed by atoms with E-state index in [-0.39, 0.29) is 11.7 Å². The largest absolute Gasteiger partial charge is 0.379 e. The number of nitrogens with one attached hydrogen (secondary N) is 1. The summed E-state index contributed by atoms with van der Waals surface area (Å²) in [4.78, 5) is 9.83. The standard InChI is InChI=1S/C13H14F2N2O2/c14-9-5-10(15)13(17(18)19)6-12(9)16-11-4-7-1-2-8(11)3-7/h5-8,11,16H,1-4H2. The fourth-order valence-electron chi connectivity index (χ4n) is 3.41. The van der Waals surface area contributed by atoms with Gasteiger partial charge in [0.15, 0.2) is 0 Å². The number of anilines is 1. The van der Waals surface area contributed by atoms with E-state index in [4.69, 9.17) is 0 Å². The van der Waals surface area contributed by atoms with E-state index in [1.165, 1.54) is 6.42 Å². The second-order valence-electron chi connectivity index (χ2n) is 5.47. The zero-order chi connectivity index (χ0) is 13.6. The Morgan fingerprint density at radius 3 is 2.58 bits per heavy atom. The third kappa shape index (κ3) is 2.15. The normalized spacial score (nSPS) is 28.6. The van der Waals surface area contributed by atoms with Crippen molar-refractivity contribution in [2.45, 2.75) is 31.7 Å². The number of nitrogens with zero attached hydrogens (tertiary/aromatic N) is 1. The van der Waals surface area contributed by atoms with Crippen molar-refractivity contribution in [3.8, 4) is 0 Å². The van der Waals surface area contributed by atoms with Crippen LogP contribution in [0, 0.1) is 33.6 Å². The molecule has 3 atom stereocenters. The molecule has 2 aliphatic rings. The lowest BCUT2D eigenvalue weighted by atomic mass is 9.95. The zero-order valence-electron chi connectivity index (χ0n) is 10.2. The van der Waals surface area contributed by atoms with Crippen molar-refractivity contribution in [3.05, 3.63) is 33.9 Å². The Balaban J connectivity index is 1.84. The number of hydrogen-bond donors (Lipinski definition) is 1. The number of hydrogen-bond acceptors (Lipinski definition) is 3. The number of halogens is 2. The van der Waals surface area contributed by atoms with E-state index in [9.17, 15) is 18.9 Å². The first kappa shape index (κ1) is 12.3. The Hall–Kier alpha value is -1.72. The van der Waals surface area contributed by atoms with Crippen LogP contribution in [0.5, 0.6) is 0 Å². The van der Waals surface area contributed by atoms with Gasteiger partial charge in [-0.25, -0.2) is 4.39 Å². The predicted molar refractivity (Wildman–Crippen MR) is 65.9 cm³/mol. The van der Waals surface area contributed by atoms with Gasteiger partial charge in [0.2, 0.25) is 5.82 Å². The number of benzene rings is 1. The van der Waals surface area contributed by atoms with Gasteiger partial charge in [-0.3, -0.25) is 10.1 Å². The van der Waals surface area contributed by atoms with Crippen LogP contribution in [-0.4, -0.2) is 11.0 Å². The highest BCUT2D eigenvalue weighted by molar-refractivity contribution is 5.54. The minimum absolute atomic E-state index is 0.0330. The number of rotatable bonds is 3. The fraction of sp³-hybridized carbons (Fsp3) is 0.538. The van der Waals surface area contributed by atoms with Crippen LogP contribution in [0.4, 0.5) is 20.2 Å². The van der Waals surface area contributed by atoms with E-state index in [0.717, 1.165) is 25.3 Å². The molecule has 0 spiro atoms. The molecule has 102 valence electrons. The number of nitro groups is 1. The van der Waals surface area contributed by atoms with Gasteiger partial charge in [-0.05, 0) is 31.1 Å². The van der Waals surface area contributed by atoms with Crippen LogP contribution in [0.1, 0.15) is 25.7 Å². The molecule has 2 bridgehead atoms. The summed E-state index contributed by atoms with van der Waals surface area (Å²) in [7, 11) is 0. The molecule has 0 radical (unpaired) electrons. The smallest absolute Gasteiger partial charge is 0.307 e. The predicted octanol–water partition coefficient (Wildman–Crippen LogP) is 3.47. The SMILES string of the molecule is O=[N+]([O-])c1cc(NC2CC3CCC2C3)c(F)cc1F. The molecule has 4 nitrogen and oxygen atoms in total. The molecule has 2 saturated carbocycles. The highest BCUT2D eigenvalue weighted by Gasteiger charge is 2.39. The summed E-state index contributed by atoms with van der Waals surface area (Å²) in [5.74, 6) is -0.721. The molecule has 3 unspecified atom stereocenters. The fourth-order valence-corrected chi connectivity index (χ4v) is 3.41. The summed E-state index contributed by atoms with van der Waals surface area (Å²) < 4.78 is 26.9. The molecule has 2 aliphatic carbocycles. The van der Waals surface area contributed by atoms with Gasteiger partial charge in [-0.2, -0.15) is 4.39 Å². The Bertz CT molecular complexity index is 536. The third-order valence-electron chi connectivity index (χ3n) is 4.31. The maximum absolute atomic E-state index is 13.7. The lowest BCUT2D eigenvalue weighted by molar-refractivity contribution is -0.387. The Labute approximate surface area is 109 Å². The van der Waals surface area contributed by atoms with Gasteiger partial charge in [0.05, 0.1) is 10.6 Å². The van der Waals surface area contributed by atoms with Crippen LogP contribution >= 0.6 is 0 Å². The molecule has 3 rings (SSSR count). The molecule has 1 aromatic rings. The van der Waals surface area contributed by atoms with Crippen molar-refractivity contribution in [1.82, 2.24) is 0 Å². The van der Waals surface area contributed by atoms with Crippen LogP contribution < -0.4 is 5.32 Å². The summed E-state index contributed by atoms with van der Waals surface area (Å²) in [6.07, 6.45) is 4.44. The Kier molecular flexibility index (Phi) is 2.88. The maximum Gasteiger partial charge on any atom is 0.307 e. The lowest BCUT2D eigenvalue weighted by Gasteiger charge is -2.24. The summed E-state index contributed by atoms with van der Waals surface area (Å²) >= 11 is 0. The first-order chi connectivity index (χ1) is 9.04. The quantitative estimate of drug-likeness (QED) is 0.674. The minimum Gasteiger partial charge on any atom is -0.379 e. The highest BCUT2D eigenvalue weighted by Crippen LogP contribution is 2.45. The molecule has 0 heterocycles. The monoisotopic (exact) mass is 268 g/mol. The molecule has 2 fully saturated rings. The minimum atomic E-state index is -1.14. The van der Waals surface area contributed by atoms with Crippen molar-refractivity contribution < 1.29 is 13.7 Å². The van der Waals surface area contributed by atoms with Gasteiger partial charge in [-0.1, -0.05) is 6.42 Å². The molecule has 1 N–H and O–H groups in total. The summed E-state index contributed by atoms with van der Waals surface area (Å²) in [6.45, 7) is 0. The lowest BCUT2D eigenvalue weighted by Crippen LogP contribution is -2.26. The van der Waals surface area contributed by atoms with Crippen molar-refractivity contribution in [1.29, 1.82) is 0 Å². The molecule has 0 amide bonds. The van der Waals surface area contributed by atoms with E-state index >= 15 is 0 Å². The number of nitro benzene ring substituents is 1. The van der Waals surface area contributed by atoms with Gasteiger partial charge >= 0.3 is 5.69 Å². The van der Waals surface area contributed by atoms with Crippen LogP contribution in [0.2, 0.25) is 0 Å². The van der Waals surface area contributed by atoms with Crippen LogP contribution in [-0.2, 0) is 0 Å². The van der Waals surface area contributed by atoms with E-state index in [2.05, 4.69) is 5.32 Å².